The lowest BCUT2D eigenvalue weighted by atomic mass is 9.93. The molecule has 0 amide bonds. The molecule has 1 N–H and O–H groups in total. The van der Waals surface area contributed by atoms with Crippen molar-refractivity contribution in [1.82, 2.24) is 5.32 Å². The Labute approximate surface area is 102 Å². The third-order valence-electron chi connectivity index (χ3n) is 3.12. The summed E-state index contributed by atoms with van der Waals surface area (Å²) in [7, 11) is 0. The molecule has 0 radical (unpaired) electrons. The molecule has 0 aromatic heterocycles. The predicted octanol–water partition coefficient (Wildman–Crippen LogP) is 2.65. The lowest BCUT2D eigenvalue weighted by molar-refractivity contribution is 0.0318. The lowest BCUT2D eigenvalue weighted by Gasteiger charge is -2.35. The Morgan fingerprint density at radius 3 is 2.94 bits per heavy atom. The smallest absolute Gasteiger partial charge is 0.0646 e. The molecule has 1 saturated heterocycles. The Morgan fingerprint density at radius 2 is 2.25 bits per heavy atom. The van der Waals surface area contributed by atoms with E-state index in [-0.39, 0.29) is 5.54 Å². The quantitative estimate of drug-likeness (QED) is 0.876. The second kappa shape index (κ2) is 5.17. The van der Waals surface area contributed by atoms with E-state index in [1.807, 2.05) is 18.2 Å². The van der Waals surface area contributed by atoms with Crippen molar-refractivity contribution in [2.75, 3.05) is 19.8 Å². The van der Waals surface area contributed by atoms with Gasteiger partial charge in [-0.2, -0.15) is 0 Å². The summed E-state index contributed by atoms with van der Waals surface area (Å²) < 4.78 is 5.51. The largest absolute Gasteiger partial charge is 0.378 e. The van der Waals surface area contributed by atoms with E-state index in [0.29, 0.717) is 0 Å². The Kier molecular flexibility index (Phi) is 3.85. The number of hydrogen-bond donors (Lipinski definition) is 1. The van der Waals surface area contributed by atoms with Crippen molar-refractivity contribution in [2.24, 2.45) is 0 Å². The molecule has 16 heavy (non-hydrogen) atoms. The van der Waals surface area contributed by atoms with Gasteiger partial charge in [0.15, 0.2) is 0 Å². The zero-order valence-electron chi connectivity index (χ0n) is 9.63. The number of benzene rings is 1. The summed E-state index contributed by atoms with van der Waals surface area (Å²) in [6, 6.07) is 8.04. The molecule has 1 aromatic rings. The molecule has 1 aromatic carbocycles. The van der Waals surface area contributed by atoms with Crippen LogP contribution in [-0.2, 0) is 11.2 Å². The highest BCUT2D eigenvalue weighted by molar-refractivity contribution is 6.31. The molecule has 0 bridgehead atoms. The number of ether oxygens (including phenoxy) is 1. The van der Waals surface area contributed by atoms with Crippen molar-refractivity contribution < 1.29 is 4.74 Å². The normalized spacial score (nSPS) is 25.6. The van der Waals surface area contributed by atoms with Crippen molar-refractivity contribution in [3.63, 3.8) is 0 Å². The van der Waals surface area contributed by atoms with Gasteiger partial charge in [0.05, 0.1) is 13.2 Å². The van der Waals surface area contributed by atoms with E-state index in [4.69, 9.17) is 16.3 Å². The van der Waals surface area contributed by atoms with E-state index in [0.717, 1.165) is 37.6 Å². The van der Waals surface area contributed by atoms with E-state index in [2.05, 4.69) is 18.3 Å². The summed E-state index contributed by atoms with van der Waals surface area (Å²) >= 11 is 6.14. The molecular formula is C13H18ClNO. The zero-order valence-corrected chi connectivity index (χ0v) is 10.4. The molecule has 1 fully saturated rings. The SMILES string of the molecule is CC1(CCc2ccccc2Cl)COCCN1. The molecule has 0 aliphatic carbocycles. The minimum absolute atomic E-state index is 0.0947. The highest BCUT2D eigenvalue weighted by atomic mass is 35.5. The standard InChI is InChI=1S/C13H18ClNO/c1-13(10-16-9-8-15-13)7-6-11-4-2-3-5-12(11)14/h2-5,15H,6-10H2,1H3. The van der Waals surface area contributed by atoms with E-state index in [9.17, 15) is 0 Å². The summed E-state index contributed by atoms with van der Waals surface area (Å²) in [4.78, 5) is 0. The molecule has 1 unspecified atom stereocenters. The fraction of sp³-hybridized carbons (Fsp3) is 0.538. The number of hydrogen-bond acceptors (Lipinski definition) is 2. The molecule has 1 atom stereocenters. The van der Waals surface area contributed by atoms with Crippen molar-refractivity contribution >= 4 is 11.6 Å². The molecule has 1 aliphatic rings. The molecule has 88 valence electrons. The number of nitrogens with one attached hydrogen (secondary N) is 1. The van der Waals surface area contributed by atoms with Crippen LogP contribution in [0, 0.1) is 0 Å². The van der Waals surface area contributed by atoms with Crippen LogP contribution < -0.4 is 5.32 Å². The van der Waals surface area contributed by atoms with Gasteiger partial charge in [0, 0.05) is 17.1 Å². The highest BCUT2D eigenvalue weighted by Crippen LogP contribution is 2.21. The third kappa shape index (κ3) is 2.97. The number of morpholine rings is 1. The van der Waals surface area contributed by atoms with Gasteiger partial charge in [-0.25, -0.2) is 0 Å². The average Bonchev–Trinajstić information content (AvgIpc) is 2.29. The minimum atomic E-state index is 0.0947. The summed E-state index contributed by atoms with van der Waals surface area (Å²) in [5.41, 5.74) is 1.31. The lowest BCUT2D eigenvalue weighted by Crippen LogP contribution is -2.52. The maximum absolute atomic E-state index is 6.14. The first kappa shape index (κ1) is 11.9. The molecule has 2 nitrogen and oxygen atoms in total. The minimum Gasteiger partial charge on any atom is -0.378 e. The van der Waals surface area contributed by atoms with Gasteiger partial charge in [0.25, 0.3) is 0 Å². The Balaban J connectivity index is 1.94. The molecule has 3 heteroatoms. The van der Waals surface area contributed by atoms with Crippen molar-refractivity contribution in [2.45, 2.75) is 25.3 Å². The molecule has 0 saturated carbocycles. The topological polar surface area (TPSA) is 21.3 Å². The first-order chi connectivity index (χ1) is 7.70. The zero-order chi connectivity index (χ0) is 11.4. The summed E-state index contributed by atoms with van der Waals surface area (Å²) in [6.07, 6.45) is 2.04. The van der Waals surface area contributed by atoms with Gasteiger partial charge in [0.1, 0.15) is 0 Å². The van der Waals surface area contributed by atoms with Crippen LogP contribution in [0.5, 0.6) is 0 Å². The summed E-state index contributed by atoms with van der Waals surface area (Å²) in [5.74, 6) is 0. The highest BCUT2D eigenvalue weighted by Gasteiger charge is 2.26. The van der Waals surface area contributed by atoms with E-state index < -0.39 is 0 Å². The van der Waals surface area contributed by atoms with Crippen LogP contribution in [0.4, 0.5) is 0 Å². The maximum Gasteiger partial charge on any atom is 0.0646 e. The van der Waals surface area contributed by atoms with Crippen molar-refractivity contribution in [3.8, 4) is 0 Å². The van der Waals surface area contributed by atoms with Crippen LogP contribution in [-0.4, -0.2) is 25.3 Å². The number of aryl methyl sites for hydroxylation is 1. The van der Waals surface area contributed by atoms with Gasteiger partial charge in [0.2, 0.25) is 0 Å². The molecule has 2 rings (SSSR count). The van der Waals surface area contributed by atoms with Crippen LogP contribution in [0.3, 0.4) is 0 Å². The average molecular weight is 240 g/mol. The first-order valence-electron chi connectivity index (χ1n) is 5.76. The third-order valence-corrected chi connectivity index (χ3v) is 3.49. The van der Waals surface area contributed by atoms with Gasteiger partial charge in [-0.1, -0.05) is 29.8 Å². The van der Waals surface area contributed by atoms with Crippen molar-refractivity contribution in [1.29, 1.82) is 0 Å². The fourth-order valence-corrected chi connectivity index (χ4v) is 2.28. The van der Waals surface area contributed by atoms with Gasteiger partial charge in [-0.15, -0.1) is 0 Å². The van der Waals surface area contributed by atoms with Gasteiger partial charge in [-0.3, -0.25) is 0 Å². The fourth-order valence-electron chi connectivity index (χ4n) is 2.05. The van der Waals surface area contributed by atoms with Crippen molar-refractivity contribution in [3.05, 3.63) is 34.9 Å². The van der Waals surface area contributed by atoms with Crippen LogP contribution in [0.15, 0.2) is 24.3 Å². The van der Waals surface area contributed by atoms with Crippen LogP contribution >= 0.6 is 11.6 Å². The molecule has 0 spiro atoms. The Morgan fingerprint density at radius 1 is 1.44 bits per heavy atom. The van der Waals surface area contributed by atoms with E-state index >= 15 is 0 Å². The van der Waals surface area contributed by atoms with Crippen LogP contribution in [0.1, 0.15) is 18.9 Å². The molecule has 1 aliphatic heterocycles. The number of rotatable bonds is 3. The van der Waals surface area contributed by atoms with Crippen LogP contribution in [0.2, 0.25) is 5.02 Å². The van der Waals surface area contributed by atoms with E-state index in [1.54, 1.807) is 0 Å². The second-order valence-electron chi connectivity index (χ2n) is 4.63. The van der Waals surface area contributed by atoms with E-state index in [1.165, 1.54) is 5.56 Å². The van der Waals surface area contributed by atoms with Crippen LogP contribution in [0.25, 0.3) is 0 Å². The Bertz CT molecular complexity index is 348. The summed E-state index contributed by atoms with van der Waals surface area (Å²) in [6.45, 7) is 4.77. The predicted molar refractivity (Wildman–Crippen MR) is 67.0 cm³/mol. The van der Waals surface area contributed by atoms with Gasteiger partial charge in [-0.05, 0) is 31.4 Å². The first-order valence-corrected chi connectivity index (χ1v) is 6.14. The Hall–Kier alpha value is -0.570. The molecular weight excluding hydrogens is 222 g/mol. The maximum atomic E-state index is 6.14. The number of halogens is 1. The van der Waals surface area contributed by atoms with Gasteiger partial charge >= 0.3 is 0 Å². The monoisotopic (exact) mass is 239 g/mol. The molecule has 1 heterocycles. The van der Waals surface area contributed by atoms with Gasteiger partial charge < -0.3 is 10.1 Å². The summed E-state index contributed by atoms with van der Waals surface area (Å²) in [5, 5.41) is 4.38. The second-order valence-corrected chi connectivity index (χ2v) is 5.04.